The quantitative estimate of drug-likeness (QED) is 0.620. The van der Waals surface area contributed by atoms with Gasteiger partial charge in [0.2, 0.25) is 0 Å². The number of aryl methyl sites for hydroxylation is 1. The smallest absolute Gasteiger partial charge is 0.262 e. The largest absolute Gasteiger partial charge is 0.397 e. The third-order valence-electron chi connectivity index (χ3n) is 4.32. The summed E-state index contributed by atoms with van der Waals surface area (Å²) in [6.07, 6.45) is 7.03. The minimum atomic E-state index is -0.102. The van der Waals surface area contributed by atoms with Crippen LogP contribution in [0.5, 0.6) is 0 Å². The summed E-state index contributed by atoms with van der Waals surface area (Å²) in [6, 6.07) is 0. The first-order chi connectivity index (χ1) is 11.7. The van der Waals surface area contributed by atoms with E-state index in [1.54, 1.807) is 10.8 Å². The zero-order chi connectivity index (χ0) is 17.1. The van der Waals surface area contributed by atoms with Crippen LogP contribution in [0, 0.1) is 0 Å². The molecule has 7 nitrogen and oxygen atoms in total. The van der Waals surface area contributed by atoms with Gasteiger partial charge in [-0.25, -0.2) is 4.98 Å². The summed E-state index contributed by atoms with van der Waals surface area (Å²) in [6.45, 7) is 6.63. The number of hydrogen-bond donors (Lipinski definition) is 2. The third-order valence-corrected chi connectivity index (χ3v) is 4.32. The molecule has 3 rings (SSSR count). The number of fused-ring (bicyclic) bond motifs is 2. The van der Waals surface area contributed by atoms with Crippen molar-refractivity contribution in [2.45, 2.75) is 46.2 Å². The predicted molar refractivity (Wildman–Crippen MR) is 96.3 cm³/mol. The average Bonchev–Trinajstić information content (AvgIpc) is 3.11. The van der Waals surface area contributed by atoms with E-state index in [1.165, 1.54) is 12.8 Å². The maximum Gasteiger partial charge on any atom is 0.262 e. The van der Waals surface area contributed by atoms with Crippen molar-refractivity contribution in [1.82, 2.24) is 19.3 Å². The van der Waals surface area contributed by atoms with Crippen LogP contribution >= 0.6 is 0 Å². The predicted octanol–water partition coefficient (Wildman–Crippen LogP) is 2.49. The van der Waals surface area contributed by atoms with Crippen molar-refractivity contribution < 1.29 is 4.74 Å². The summed E-state index contributed by atoms with van der Waals surface area (Å²) in [5.74, 6) is 0. The van der Waals surface area contributed by atoms with Crippen LogP contribution in [0.25, 0.3) is 21.9 Å². The number of aromatic nitrogens is 4. The SMILES string of the molecule is CCCCCn1[nH]cc2c(N)c3c(=O)n(CCOCC)cc3nc21. The van der Waals surface area contributed by atoms with Gasteiger partial charge in [0, 0.05) is 32.1 Å². The van der Waals surface area contributed by atoms with Crippen molar-refractivity contribution >= 4 is 27.6 Å². The molecule has 0 aliphatic heterocycles. The molecule has 0 spiro atoms. The number of unbranched alkanes of at least 4 members (excludes halogenated alkanes) is 2. The Bertz CT molecular complexity index is 890. The fourth-order valence-corrected chi connectivity index (χ4v) is 3.01. The van der Waals surface area contributed by atoms with Crippen LogP contribution in [0.4, 0.5) is 5.69 Å². The Labute approximate surface area is 140 Å². The number of H-pyrrole nitrogens is 1. The van der Waals surface area contributed by atoms with E-state index in [0.717, 1.165) is 24.0 Å². The second kappa shape index (κ2) is 7.09. The molecule has 0 aliphatic rings. The first-order valence-electron chi connectivity index (χ1n) is 8.61. The molecule has 0 bridgehead atoms. The van der Waals surface area contributed by atoms with Gasteiger partial charge in [-0.2, -0.15) is 0 Å². The summed E-state index contributed by atoms with van der Waals surface area (Å²) in [5.41, 5.74) is 8.12. The van der Waals surface area contributed by atoms with E-state index in [0.29, 0.717) is 36.3 Å². The molecular weight excluding hydrogens is 306 g/mol. The van der Waals surface area contributed by atoms with E-state index < -0.39 is 0 Å². The zero-order valence-electron chi connectivity index (χ0n) is 14.3. The summed E-state index contributed by atoms with van der Waals surface area (Å²) in [7, 11) is 0. The number of nitrogens with zero attached hydrogens (tertiary/aromatic N) is 3. The molecule has 3 heterocycles. The van der Waals surface area contributed by atoms with Gasteiger partial charge >= 0.3 is 0 Å². The highest BCUT2D eigenvalue weighted by Gasteiger charge is 2.16. The van der Waals surface area contributed by atoms with Crippen LogP contribution in [0.3, 0.4) is 0 Å². The number of rotatable bonds is 8. The van der Waals surface area contributed by atoms with Gasteiger partial charge in [0.25, 0.3) is 5.56 Å². The number of nitrogens with two attached hydrogens (primary N) is 1. The van der Waals surface area contributed by atoms with Crippen molar-refractivity contribution in [1.29, 1.82) is 0 Å². The van der Waals surface area contributed by atoms with Gasteiger partial charge in [-0.3, -0.25) is 9.48 Å². The van der Waals surface area contributed by atoms with Gasteiger partial charge in [-0.1, -0.05) is 19.8 Å². The minimum Gasteiger partial charge on any atom is -0.397 e. The number of ether oxygens (including phenoxy) is 1. The van der Waals surface area contributed by atoms with Gasteiger partial charge < -0.3 is 20.1 Å². The highest BCUT2D eigenvalue weighted by atomic mass is 16.5. The van der Waals surface area contributed by atoms with E-state index in [1.807, 2.05) is 17.8 Å². The van der Waals surface area contributed by atoms with Gasteiger partial charge in [-0.05, 0) is 13.3 Å². The zero-order valence-corrected chi connectivity index (χ0v) is 14.3. The minimum absolute atomic E-state index is 0.102. The summed E-state index contributed by atoms with van der Waals surface area (Å²) < 4.78 is 8.97. The average molecular weight is 331 g/mol. The van der Waals surface area contributed by atoms with E-state index in [4.69, 9.17) is 10.5 Å². The summed E-state index contributed by atoms with van der Waals surface area (Å²) in [5, 5.41) is 4.50. The lowest BCUT2D eigenvalue weighted by molar-refractivity contribution is 0.138. The third kappa shape index (κ3) is 2.91. The lowest BCUT2D eigenvalue weighted by Crippen LogP contribution is -2.18. The maximum atomic E-state index is 12.6. The second-order valence-electron chi connectivity index (χ2n) is 5.98. The Kier molecular flexibility index (Phi) is 4.89. The Balaban J connectivity index is 2.02. The molecule has 0 amide bonds. The van der Waals surface area contributed by atoms with Crippen LogP contribution in [-0.2, 0) is 17.8 Å². The number of nitrogen functional groups attached to an aromatic ring is 1. The fourth-order valence-electron chi connectivity index (χ4n) is 3.01. The molecule has 130 valence electrons. The molecule has 3 N–H and O–H groups in total. The first kappa shape index (κ1) is 16.6. The van der Waals surface area contributed by atoms with Crippen LogP contribution in [0.15, 0.2) is 17.2 Å². The van der Waals surface area contributed by atoms with Crippen molar-refractivity contribution in [2.75, 3.05) is 18.9 Å². The molecule has 24 heavy (non-hydrogen) atoms. The highest BCUT2D eigenvalue weighted by molar-refractivity contribution is 6.05. The summed E-state index contributed by atoms with van der Waals surface area (Å²) >= 11 is 0. The van der Waals surface area contributed by atoms with Gasteiger partial charge in [0.05, 0.1) is 28.6 Å². The lowest BCUT2D eigenvalue weighted by atomic mass is 10.2. The molecule has 0 fully saturated rings. The second-order valence-corrected chi connectivity index (χ2v) is 5.98. The van der Waals surface area contributed by atoms with Crippen molar-refractivity contribution in [2.24, 2.45) is 0 Å². The van der Waals surface area contributed by atoms with E-state index in [9.17, 15) is 4.79 Å². The van der Waals surface area contributed by atoms with Crippen molar-refractivity contribution in [3.63, 3.8) is 0 Å². The molecule has 0 saturated heterocycles. The van der Waals surface area contributed by atoms with Crippen molar-refractivity contribution in [3.05, 3.63) is 22.7 Å². The van der Waals surface area contributed by atoms with Crippen molar-refractivity contribution in [3.8, 4) is 0 Å². The van der Waals surface area contributed by atoms with Crippen LogP contribution in [0.2, 0.25) is 0 Å². The Morgan fingerprint density at radius 3 is 2.88 bits per heavy atom. The molecular formula is C17H25N5O2. The lowest BCUT2D eigenvalue weighted by Gasteiger charge is -2.04. The maximum absolute atomic E-state index is 12.6. The Morgan fingerprint density at radius 1 is 1.29 bits per heavy atom. The van der Waals surface area contributed by atoms with Gasteiger partial charge in [0.15, 0.2) is 5.65 Å². The molecule has 0 unspecified atom stereocenters. The summed E-state index contributed by atoms with van der Waals surface area (Å²) in [4.78, 5) is 17.3. The Morgan fingerprint density at radius 2 is 2.12 bits per heavy atom. The molecule has 0 aliphatic carbocycles. The number of pyridine rings is 1. The topological polar surface area (TPSA) is 90.9 Å². The van der Waals surface area contributed by atoms with E-state index in [2.05, 4.69) is 17.0 Å². The number of aromatic amines is 1. The normalized spacial score (nSPS) is 11.8. The number of hydrogen-bond acceptors (Lipinski definition) is 4. The fraction of sp³-hybridized carbons (Fsp3) is 0.529. The van der Waals surface area contributed by atoms with Crippen LogP contribution < -0.4 is 11.3 Å². The van der Waals surface area contributed by atoms with E-state index >= 15 is 0 Å². The molecule has 3 aromatic rings. The molecule has 7 heteroatoms. The molecule has 0 saturated carbocycles. The highest BCUT2D eigenvalue weighted by Crippen LogP contribution is 2.26. The van der Waals surface area contributed by atoms with E-state index in [-0.39, 0.29) is 5.56 Å². The molecule has 0 aromatic carbocycles. The van der Waals surface area contributed by atoms with Crippen LogP contribution in [0.1, 0.15) is 33.1 Å². The standard InChI is InChI=1S/C17H25N5O2/c1-3-5-6-7-22-16-12(10-19-22)15(18)14-13(20-16)11-21(17(14)23)8-9-24-4-2/h10-11,19H,3-9,18H2,1-2H3. The van der Waals surface area contributed by atoms with Crippen LogP contribution in [-0.4, -0.2) is 32.5 Å². The van der Waals surface area contributed by atoms with Gasteiger partial charge in [-0.15, -0.1) is 0 Å². The first-order valence-corrected chi connectivity index (χ1v) is 8.61. The number of nitrogens with one attached hydrogen (secondary N) is 1. The van der Waals surface area contributed by atoms with Gasteiger partial charge in [0.1, 0.15) is 0 Å². The molecule has 0 atom stereocenters. The Hall–Kier alpha value is -2.28. The molecule has 3 aromatic heterocycles. The monoisotopic (exact) mass is 331 g/mol. The molecule has 0 radical (unpaired) electrons. The number of anilines is 1.